The van der Waals surface area contributed by atoms with Crippen LogP contribution in [0.25, 0.3) is 0 Å². The number of aromatic hydroxyl groups is 1. The largest absolute Gasteiger partial charge is 0.506 e. The van der Waals surface area contributed by atoms with E-state index in [1.807, 2.05) is 0 Å². The van der Waals surface area contributed by atoms with E-state index in [2.05, 4.69) is 20.3 Å². The number of carbonyl (C=O) groups is 2. The average molecular weight is 390 g/mol. The maximum Gasteiger partial charge on any atom is 0.258 e. The molecule has 0 heterocycles. The molecule has 0 aliphatic carbocycles. The second-order valence-electron chi connectivity index (χ2n) is 5.66. The Labute approximate surface area is 156 Å². The van der Waals surface area contributed by atoms with E-state index in [1.54, 1.807) is 30.3 Å². The van der Waals surface area contributed by atoms with E-state index in [0.29, 0.717) is 5.69 Å². The number of hydrogen-bond acceptors (Lipinski definition) is 7. The Morgan fingerprint density at radius 2 is 1.74 bits per heavy atom. The predicted octanol–water partition coefficient (Wildman–Crippen LogP) is 2.44. The summed E-state index contributed by atoms with van der Waals surface area (Å²) in [7, 11) is -3.52. The second-order valence-corrected chi connectivity index (χ2v) is 7.41. The molecule has 0 aliphatic heterocycles. The van der Waals surface area contributed by atoms with Gasteiger partial charge >= 0.3 is 0 Å². The summed E-state index contributed by atoms with van der Waals surface area (Å²) < 4.78 is 24.8. The van der Waals surface area contributed by atoms with E-state index in [9.17, 15) is 23.1 Å². The highest BCUT2D eigenvalue weighted by molar-refractivity contribution is 7.92. The van der Waals surface area contributed by atoms with E-state index < -0.39 is 27.8 Å². The first-order valence-corrected chi connectivity index (χ1v) is 9.63. The molecule has 1 amide bonds. The summed E-state index contributed by atoms with van der Waals surface area (Å²) >= 11 is 0. The number of azo groups is 1. The monoisotopic (exact) mass is 390 g/mol. The Bertz CT molecular complexity index is 974. The van der Waals surface area contributed by atoms with E-state index in [-0.39, 0.29) is 17.1 Å². The molecule has 142 valence electrons. The highest BCUT2D eigenvalue weighted by Crippen LogP contribution is 2.30. The number of hydrogen-bond donors (Lipinski definition) is 3. The number of amides is 1. The zero-order valence-corrected chi connectivity index (χ0v) is 15.4. The number of rotatable bonds is 7. The van der Waals surface area contributed by atoms with Gasteiger partial charge in [0.1, 0.15) is 11.4 Å². The lowest BCUT2D eigenvalue weighted by Gasteiger charge is -2.10. The molecular weight excluding hydrogens is 372 g/mol. The maximum atomic E-state index is 12.3. The molecule has 0 aromatic heterocycles. The van der Waals surface area contributed by atoms with Gasteiger partial charge < -0.3 is 10.4 Å². The van der Waals surface area contributed by atoms with Crippen LogP contribution < -0.4 is 10.0 Å². The molecule has 0 fully saturated rings. The Morgan fingerprint density at radius 3 is 2.33 bits per heavy atom. The van der Waals surface area contributed by atoms with Crippen LogP contribution in [0.3, 0.4) is 0 Å². The standard InChI is InChI=1S/C17H18N4O5S/c1-11(22)16(17(24)18-12-6-4-3-5-7-12)20-19-14-10-13(8-9-15(14)23)21-27(2,25)26/h3-10,16,21,23H,1-2H3,(H,18,24). The number of Topliss-reactive ketones (excluding diaryl/α,β-unsaturated/α-hetero) is 1. The first-order chi connectivity index (χ1) is 12.7. The fraction of sp³-hybridized carbons (Fsp3) is 0.176. The summed E-state index contributed by atoms with van der Waals surface area (Å²) in [4.78, 5) is 24.0. The van der Waals surface area contributed by atoms with Gasteiger partial charge in [0.25, 0.3) is 5.91 Å². The van der Waals surface area contributed by atoms with Crippen molar-refractivity contribution >= 4 is 38.8 Å². The molecule has 2 aromatic carbocycles. The molecular formula is C17H18N4O5S. The van der Waals surface area contributed by atoms with Gasteiger partial charge in [-0.2, -0.15) is 10.2 Å². The normalized spacial score (nSPS) is 12.5. The lowest BCUT2D eigenvalue weighted by Crippen LogP contribution is -2.31. The molecule has 1 unspecified atom stereocenters. The van der Waals surface area contributed by atoms with Crippen molar-refractivity contribution in [3.05, 3.63) is 48.5 Å². The summed E-state index contributed by atoms with van der Waals surface area (Å²) in [6.07, 6.45) is 0.973. The predicted molar refractivity (Wildman–Crippen MR) is 101 cm³/mol. The van der Waals surface area contributed by atoms with Crippen molar-refractivity contribution in [2.24, 2.45) is 10.2 Å². The summed E-state index contributed by atoms with van der Waals surface area (Å²) in [6.45, 7) is 1.19. The van der Waals surface area contributed by atoms with Gasteiger partial charge in [-0.05, 0) is 37.3 Å². The van der Waals surface area contributed by atoms with Crippen LogP contribution in [0.2, 0.25) is 0 Å². The van der Waals surface area contributed by atoms with E-state index in [0.717, 1.165) is 6.26 Å². The van der Waals surface area contributed by atoms with Crippen LogP contribution >= 0.6 is 0 Å². The summed E-state index contributed by atoms with van der Waals surface area (Å²) in [6, 6.07) is 10.9. The highest BCUT2D eigenvalue weighted by atomic mass is 32.2. The molecule has 0 bridgehead atoms. The van der Waals surface area contributed by atoms with Crippen LogP contribution in [0.4, 0.5) is 17.1 Å². The summed E-state index contributed by atoms with van der Waals surface area (Å²) in [5.41, 5.74) is 0.547. The van der Waals surface area contributed by atoms with Gasteiger partial charge in [0.15, 0.2) is 5.78 Å². The zero-order valence-electron chi connectivity index (χ0n) is 14.6. The van der Waals surface area contributed by atoms with Gasteiger partial charge in [0.05, 0.1) is 11.9 Å². The maximum absolute atomic E-state index is 12.3. The van der Waals surface area contributed by atoms with Gasteiger partial charge in [0.2, 0.25) is 16.1 Å². The quantitative estimate of drug-likeness (QED) is 0.379. The molecule has 2 rings (SSSR count). The molecule has 10 heteroatoms. The number of ketones is 1. The summed E-state index contributed by atoms with van der Waals surface area (Å²) in [5, 5.41) is 19.8. The van der Waals surface area contributed by atoms with Crippen LogP contribution in [0.15, 0.2) is 58.8 Å². The van der Waals surface area contributed by atoms with E-state index >= 15 is 0 Å². The van der Waals surface area contributed by atoms with Crippen LogP contribution in [0, 0.1) is 0 Å². The molecule has 9 nitrogen and oxygen atoms in total. The number of carbonyl (C=O) groups excluding carboxylic acids is 2. The molecule has 0 saturated carbocycles. The van der Waals surface area contributed by atoms with Crippen LogP contribution in [0.5, 0.6) is 5.75 Å². The van der Waals surface area contributed by atoms with Crippen molar-refractivity contribution in [1.29, 1.82) is 0 Å². The van der Waals surface area contributed by atoms with Gasteiger partial charge in [0, 0.05) is 5.69 Å². The highest BCUT2D eigenvalue weighted by Gasteiger charge is 2.23. The van der Waals surface area contributed by atoms with Gasteiger partial charge in [-0.3, -0.25) is 14.3 Å². The molecule has 0 saturated heterocycles. The molecule has 0 aliphatic rings. The molecule has 1 atom stereocenters. The van der Waals surface area contributed by atoms with Crippen molar-refractivity contribution < 1.29 is 23.1 Å². The smallest absolute Gasteiger partial charge is 0.258 e. The number of benzene rings is 2. The third kappa shape index (κ3) is 6.19. The van der Waals surface area contributed by atoms with Gasteiger partial charge in [-0.15, -0.1) is 0 Å². The Morgan fingerprint density at radius 1 is 1.07 bits per heavy atom. The van der Waals surface area contributed by atoms with Crippen molar-refractivity contribution in [2.75, 3.05) is 16.3 Å². The second kappa shape index (κ2) is 8.41. The lowest BCUT2D eigenvalue weighted by atomic mass is 10.2. The minimum atomic E-state index is -3.52. The van der Waals surface area contributed by atoms with Crippen LogP contribution in [0.1, 0.15) is 6.92 Å². The topological polar surface area (TPSA) is 137 Å². The first kappa shape index (κ1) is 20.0. The first-order valence-electron chi connectivity index (χ1n) is 7.74. The molecule has 0 radical (unpaired) electrons. The Balaban J connectivity index is 2.23. The number of phenols is 1. The third-order valence-corrected chi connectivity index (χ3v) is 3.84. The number of para-hydroxylation sites is 1. The zero-order chi connectivity index (χ0) is 20.0. The van der Waals surface area contributed by atoms with Crippen LogP contribution in [-0.4, -0.2) is 37.5 Å². The van der Waals surface area contributed by atoms with Gasteiger partial charge in [-0.1, -0.05) is 18.2 Å². The Hall–Kier alpha value is -3.27. The molecule has 2 aromatic rings. The lowest BCUT2D eigenvalue weighted by molar-refractivity contribution is -0.126. The Kier molecular flexibility index (Phi) is 6.24. The number of nitrogens with one attached hydrogen (secondary N) is 2. The average Bonchev–Trinajstić information content (AvgIpc) is 2.57. The number of sulfonamides is 1. The number of anilines is 2. The molecule has 27 heavy (non-hydrogen) atoms. The van der Waals surface area contributed by atoms with E-state index in [1.165, 1.54) is 25.1 Å². The SMILES string of the molecule is CC(=O)C(N=Nc1cc(NS(C)(=O)=O)ccc1O)C(=O)Nc1ccccc1. The molecule has 3 N–H and O–H groups in total. The van der Waals surface area contributed by atoms with Crippen molar-refractivity contribution in [3.8, 4) is 5.75 Å². The number of nitrogens with zero attached hydrogens (tertiary/aromatic N) is 2. The van der Waals surface area contributed by atoms with Crippen molar-refractivity contribution in [1.82, 2.24) is 0 Å². The van der Waals surface area contributed by atoms with Crippen LogP contribution in [-0.2, 0) is 19.6 Å². The van der Waals surface area contributed by atoms with Gasteiger partial charge in [-0.25, -0.2) is 8.42 Å². The molecule has 0 spiro atoms. The fourth-order valence-electron chi connectivity index (χ4n) is 2.05. The number of phenolic OH excluding ortho intramolecular Hbond substituents is 1. The minimum Gasteiger partial charge on any atom is -0.506 e. The van der Waals surface area contributed by atoms with Crippen molar-refractivity contribution in [2.45, 2.75) is 13.0 Å². The fourth-order valence-corrected chi connectivity index (χ4v) is 2.61. The minimum absolute atomic E-state index is 0.0950. The summed E-state index contributed by atoms with van der Waals surface area (Å²) in [5.74, 6) is -1.51. The van der Waals surface area contributed by atoms with E-state index in [4.69, 9.17) is 0 Å². The van der Waals surface area contributed by atoms with Crippen molar-refractivity contribution in [3.63, 3.8) is 0 Å². The third-order valence-electron chi connectivity index (χ3n) is 3.23.